The Morgan fingerprint density at radius 1 is 1.10 bits per heavy atom. The van der Waals surface area contributed by atoms with Gasteiger partial charge in [0.2, 0.25) is 5.28 Å². The molecule has 0 unspecified atom stereocenters. The first kappa shape index (κ1) is 19.5. The van der Waals surface area contributed by atoms with E-state index >= 15 is 0 Å². The lowest BCUT2D eigenvalue weighted by molar-refractivity contribution is -0.100. The average molecular weight is 421 g/mol. The lowest BCUT2D eigenvalue weighted by atomic mass is 9.68. The maximum atomic E-state index is 10.7. The van der Waals surface area contributed by atoms with Crippen molar-refractivity contribution in [1.82, 2.24) is 24.4 Å². The van der Waals surface area contributed by atoms with Crippen molar-refractivity contribution in [2.75, 3.05) is 44.3 Å². The summed E-state index contributed by atoms with van der Waals surface area (Å²) < 4.78 is 7.51. The van der Waals surface area contributed by atoms with Crippen LogP contribution in [0, 0.1) is 5.92 Å². The third-order valence-corrected chi connectivity index (χ3v) is 7.18. The van der Waals surface area contributed by atoms with Gasteiger partial charge in [-0.25, -0.2) is 4.98 Å². The third-order valence-electron chi connectivity index (χ3n) is 7.01. The van der Waals surface area contributed by atoms with Gasteiger partial charge in [0.15, 0.2) is 17.0 Å². The predicted molar refractivity (Wildman–Crippen MR) is 111 cm³/mol. The minimum absolute atomic E-state index is 0.253. The van der Waals surface area contributed by atoms with E-state index in [0.29, 0.717) is 19.1 Å². The van der Waals surface area contributed by atoms with Crippen LogP contribution in [0.25, 0.3) is 11.2 Å². The quantitative estimate of drug-likeness (QED) is 0.757. The number of nitrogens with zero attached hydrogens (tertiary/aromatic N) is 6. The van der Waals surface area contributed by atoms with Gasteiger partial charge in [-0.15, -0.1) is 0 Å². The van der Waals surface area contributed by atoms with E-state index in [1.54, 1.807) is 0 Å². The molecule has 2 aliphatic heterocycles. The number of anilines is 1. The van der Waals surface area contributed by atoms with Crippen LogP contribution in [0.1, 0.15) is 37.9 Å². The number of piperidine rings is 1. The zero-order valence-corrected chi connectivity index (χ0v) is 17.7. The number of halogens is 1. The van der Waals surface area contributed by atoms with Crippen LogP contribution >= 0.6 is 11.6 Å². The van der Waals surface area contributed by atoms with Gasteiger partial charge in [0.1, 0.15) is 5.82 Å². The van der Waals surface area contributed by atoms with Gasteiger partial charge in [-0.1, -0.05) is 0 Å². The van der Waals surface area contributed by atoms with E-state index in [1.165, 1.54) is 6.42 Å². The second kappa shape index (κ2) is 7.65. The van der Waals surface area contributed by atoms with Crippen LogP contribution in [-0.2, 0) is 18.3 Å². The monoisotopic (exact) mass is 420 g/mol. The predicted octanol–water partition coefficient (Wildman–Crippen LogP) is 1.98. The van der Waals surface area contributed by atoms with Gasteiger partial charge in [0, 0.05) is 20.1 Å². The SMILES string of the molecule is Cn1c(CN2CCC(C3(O)CCC3)CC2)nc2c(N3CCOCC3)nc(Cl)nc21. The van der Waals surface area contributed by atoms with Crippen LogP contribution in [0.2, 0.25) is 5.28 Å². The number of hydrogen-bond donors (Lipinski definition) is 1. The zero-order chi connectivity index (χ0) is 20.0. The Morgan fingerprint density at radius 2 is 1.83 bits per heavy atom. The van der Waals surface area contributed by atoms with E-state index in [2.05, 4.69) is 19.8 Å². The Hall–Kier alpha value is -1.48. The Bertz CT molecular complexity index is 885. The molecule has 0 bridgehead atoms. The first-order valence-corrected chi connectivity index (χ1v) is 11.1. The van der Waals surface area contributed by atoms with Crippen LogP contribution < -0.4 is 4.90 Å². The summed E-state index contributed by atoms with van der Waals surface area (Å²) in [4.78, 5) is 18.5. The molecule has 0 amide bonds. The van der Waals surface area contributed by atoms with Crippen molar-refractivity contribution in [3.8, 4) is 0 Å². The summed E-state index contributed by atoms with van der Waals surface area (Å²) >= 11 is 6.24. The van der Waals surface area contributed by atoms with E-state index in [-0.39, 0.29) is 10.9 Å². The summed E-state index contributed by atoms with van der Waals surface area (Å²) in [6.07, 6.45) is 5.25. The van der Waals surface area contributed by atoms with E-state index < -0.39 is 0 Å². The highest BCUT2D eigenvalue weighted by Crippen LogP contribution is 2.42. The van der Waals surface area contributed by atoms with E-state index in [1.807, 2.05) is 11.6 Å². The number of rotatable bonds is 4. The molecule has 158 valence electrons. The molecule has 1 aliphatic carbocycles. The fourth-order valence-corrected chi connectivity index (χ4v) is 5.14. The van der Waals surface area contributed by atoms with Crippen LogP contribution in [0.5, 0.6) is 0 Å². The molecule has 5 rings (SSSR count). The average Bonchev–Trinajstić information content (AvgIpc) is 3.02. The number of fused-ring (bicyclic) bond motifs is 1. The lowest BCUT2D eigenvalue weighted by Gasteiger charge is -2.46. The lowest BCUT2D eigenvalue weighted by Crippen LogP contribution is -2.49. The standard InChI is InChI=1S/C20H29ClN6O2/c1-25-15(13-26-7-3-14(4-8-26)20(28)5-2-6-20)22-16-17(25)23-19(21)24-18(16)27-9-11-29-12-10-27/h14,28H,2-13H2,1H3. The second-order valence-corrected chi connectivity index (χ2v) is 9.02. The number of ether oxygens (including phenoxy) is 1. The van der Waals surface area contributed by atoms with Crippen molar-refractivity contribution in [2.24, 2.45) is 13.0 Å². The van der Waals surface area contributed by atoms with E-state index in [0.717, 1.165) is 81.2 Å². The minimum atomic E-state index is -0.386. The normalized spacial score (nSPS) is 23.5. The van der Waals surface area contributed by atoms with Gasteiger partial charge < -0.3 is 19.3 Å². The molecular formula is C20H29ClN6O2. The topological polar surface area (TPSA) is 79.5 Å². The van der Waals surface area contributed by atoms with Crippen LogP contribution in [0.4, 0.5) is 5.82 Å². The summed E-state index contributed by atoms with van der Waals surface area (Å²) in [5.41, 5.74) is 1.20. The molecule has 4 heterocycles. The van der Waals surface area contributed by atoms with Gasteiger partial charge in [-0.05, 0) is 62.7 Å². The van der Waals surface area contributed by atoms with Gasteiger partial charge in [-0.2, -0.15) is 9.97 Å². The number of aryl methyl sites for hydroxylation is 1. The molecule has 0 radical (unpaired) electrons. The van der Waals surface area contributed by atoms with Crippen LogP contribution in [0.3, 0.4) is 0 Å². The van der Waals surface area contributed by atoms with Crippen molar-refractivity contribution < 1.29 is 9.84 Å². The maximum absolute atomic E-state index is 10.7. The maximum Gasteiger partial charge on any atom is 0.226 e. The molecule has 1 N–H and O–H groups in total. The molecule has 0 atom stereocenters. The molecule has 2 aromatic heterocycles. The van der Waals surface area contributed by atoms with Crippen molar-refractivity contribution in [3.05, 3.63) is 11.1 Å². The minimum Gasteiger partial charge on any atom is -0.390 e. The molecule has 2 saturated heterocycles. The molecule has 3 aliphatic rings. The molecule has 9 heteroatoms. The third kappa shape index (κ3) is 3.60. The highest BCUT2D eigenvalue weighted by atomic mass is 35.5. The zero-order valence-electron chi connectivity index (χ0n) is 17.0. The van der Waals surface area contributed by atoms with Crippen LogP contribution in [-0.4, -0.2) is 74.5 Å². The van der Waals surface area contributed by atoms with Crippen molar-refractivity contribution >= 4 is 28.6 Å². The molecule has 2 aromatic rings. The Kier molecular flexibility index (Phi) is 5.14. The summed E-state index contributed by atoms with van der Waals surface area (Å²) in [6, 6.07) is 0. The molecule has 0 aromatic carbocycles. The summed E-state index contributed by atoms with van der Waals surface area (Å²) in [6.45, 7) is 5.71. The fourth-order valence-electron chi connectivity index (χ4n) is 4.98. The van der Waals surface area contributed by atoms with Crippen LogP contribution in [0.15, 0.2) is 0 Å². The molecule has 0 spiro atoms. The Labute approximate surface area is 175 Å². The number of hydrogen-bond acceptors (Lipinski definition) is 7. The summed E-state index contributed by atoms with van der Waals surface area (Å²) in [5, 5.41) is 10.9. The number of aromatic nitrogens is 4. The highest BCUT2D eigenvalue weighted by molar-refractivity contribution is 6.28. The van der Waals surface area contributed by atoms with Crippen molar-refractivity contribution in [1.29, 1.82) is 0 Å². The number of likely N-dealkylation sites (tertiary alicyclic amines) is 1. The van der Waals surface area contributed by atoms with Crippen molar-refractivity contribution in [2.45, 2.75) is 44.2 Å². The molecule has 29 heavy (non-hydrogen) atoms. The van der Waals surface area contributed by atoms with Gasteiger partial charge in [0.25, 0.3) is 0 Å². The molecule has 1 saturated carbocycles. The second-order valence-electron chi connectivity index (χ2n) is 8.68. The summed E-state index contributed by atoms with van der Waals surface area (Å²) in [5.74, 6) is 2.23. The van der Waals surface area contributed by atoms with Gasteiger partial charge in [-0.3, -0.25) is 4.90 Å². The number of aliphatic hydroxyl groups is 1. The Morgan fingerprint density at radius 3 is 2.48 bits per heavy atom. The highest BCUT2D eigenvalue weighted by Gasteiger charge is 2.43. The molecule has 3 fully saturated rings. The molecular weight excluding hydrogens is 392 g/mol. The van der Waals surface area contributed by atoms with Crippen molar-refractivity contribution in [3.63, 3.8) is 0 Å². The largest absolute Gasteiger partial charge is 0.390 e. The van der Waals surface area contributed by atoms with Gasteiger partial charge in [0.05, 0.1) is 25.4 Å². The first-order chi connectivity index (χ1) is 14.0. The van der Waals surface area contributed by atoms with Gasteiger partial charge >= 0.3 is 0 Å². The molecule has 8 nitrogen and oxygen atoms in total. The van der Waals surface area contributed by atoms with E-state index in [4.69, 9.17) is 21.3 Å². The Balaban J connectivity index is 1.35. The number of morpholine rings is 1. The van der Waals surface area contributed by atoms with E-state index in [9.17, 15) is 5.11 Å². The smallest absolute Gasteiger partial charge is 0.226 e. The first-order valence-electron chi connectivity index (χ1n) is 10.7. The number of imidazole rings is 1. The summed E-state index contributed by atoms with van der Waals surface area (Å²) in [7, 11) is 2.00. The fraction of sp³-hybridized carbons (Fsp3) is 0.750.